The molecule has 5 rings (SSSR count). The number of rotatable bonds is 6. The van der Waals surface area contributed by atoms with Gasteiger partial charge in [-0.05, 0) is 60.4 Å². The largest absolute Gasteiger partial charge is 0.544 e. The van der Waals surface area contributed by atoms with E-state index in [0.29, 0.717) is 37.4 Å². The summed E-state index contributed by atoms with van der Waals surface area (Å²) in [6.45, 7) is 10.6. The van der Waals surface area contributed by atoms with E-state index >= 15 is 0 Å². The number of benzene rings is 3. The lowest BCUT2D eigenvalue weighted by molar-refractivity contribution is 0.0316. The highest BCUT2D eigenvalue weighted by Gasteiger charge is 2.33. The number of morpholine rings is 1. The zero-order valence-corrected chi connectivity index (χ0v) is 21.0. The zero-order valence-electron chi connectivity index (χ0n) is 20.0. The third-order valence-electron chi connectivity index (χ3n) is 6.32. The minimum atomic E-state index is -1.68. The molecular formula is C27H30N2O4Si. The number of imide groups is 1. The minimum absolute atomic E-state index is 0.215. The highest BCUT2D eigenvalue weighted by molar-refractivity contribution is 6.70. The molecular weight excluding hydrogens is 444 g/mol. The summed E-state index contributed by atoms with van der Waals surface area (Å²) in [7, 11) is -1.68. The molecule has 6 nitrogen and oxygen atoms in total. The number of carbonyl (C=O) groups is 2. The first-order valence-electron chi connectivity index (χ1n) is 11.8. The molecule has 0 unspecified atom stereocenters. The molecule has 0 aliphatic carbocycles. The van der Waals surface area contributed by atoms with Gasteiger partial charge in [0, 0.05) is 42.7 Å². The van der Waals surface area contributed by atoms with Crippen molar-refractivity contribution in [2.24, 2.45) is 0 Å². The lowest BCUT2D eigenvalue weighted by Gasteiger charge is -2.31. The van der Waals surface area contributed by atoms with Crippen LogP contribution in [0.25, 0.3) is 21.9 Å². The molecule has 176 valence electrons. The molecule has 1 fully saturated rings. The van der Waals surface area contributed by atoms with Crippen LogP contribution in [0.2, 0.25) is 19.6 Å². The maximum absolute atomic E-state index is 13.4. The molecule has 1 saturated heterocycles. The average molecular weight is 475 g/mol. The van der Waals surface area contributed by atoms with Crippen LogP contribution in [-0.2, 0) is 4.74 Å². The summed E-state index contributed by atoms with van der Waals surface area (Å²) in [6, 6.07) is 17.7. The quantitative estimate of drug-likeness (QED) is 0.385. The summed E-state index contributed by atoms with van der Waals surface area (Å²) in [5.41, 5.74) is 3.22. The first-order valence-corrected chi connectivity index (χ1v) is 15.2. The van der Waals surface area contributed by atoms with Gasteiger partial charge in [0.2, 0.25) is 8.32 Å². The topological polar surface area (TPSA) is 59.1 Å². The van der Waals surface area contributed by atoms with Crippen LogP contribution in [0.15, 0.2) is 54.6 Å². The van der Waals surface area contributed by atoms with E-state index in [4.69, 9.17) is 9.16 Å². The van der Waals surface area contributed by atoms with Gasteiger partial charge in [0.15, 0.2) is 0 Å². The van der Waals surface area contributed by atoms with E-state index in [9.17, 15) is 9.59 Å². The van der Waals surface area contributed by atoms with E-state index < -0.39 is 8.32 Å². The lowest BCUT2D eigenvalue weighted by atomic mass is 9.89. The Bertz CT molecular complexity index is 1220. The van der Waals surface area contributed by atoms with Gasteiger partial charge in [0.05, 0.1) is 13.2 Å². The molecule has 2 amide bonds. The maximum Gasteiger partial charge on any atom is 0.261 e. The van der Waals surface area contributed by atoms with Crippen molar-refractivity contribution in [3.8, 4) is 16.9 Å². The van der Waals surface area contributed by atoms with Crippen molar-refractivity contribution in [2.75, 3.05) is 39.4 Å². The normalized spacial score (nSPS) is 16.9. The van der Waals surface area contributed by atoms with Crippen molar-refractivity contribution in [1.82, 2.24) is 9.80 Å². The molecule has 2 aliphatic heterocycles. The number of nitrogens with zero attached hydrogens (tertiary/aromatic N) is 2. The van der Waals surface area contributed by atoms with Gasteiger partial charge in [-0.15, -0.1) is 0 Å². The Morgan fingerprint density at radius 1 is 0.824 bits per heavy atom. The Balaban J connectivity index is 1.47. The molecule has 0 bridgehead atoms. The second kappa shape index (κ2) is 8.98. The van der Waals surface area contributed by atoms with Crippen molar-refractivity contribution in [2.45, 2.75) is 19.6 Å². The van der Waals surface area contributed by atoms with E-state index in [0.717, 1.165) is 40.7 Å². The van der Waals surface area contributed by atoms with E-state index in [1.165, 1.54) is 4.90 Å². The molecule has 34 heavy (non-hydrogen) atoms. The highest BCUT2D eigenvalue weighted by Crippen LogP contribution is 2.37. The van der Waals surface area contributed by atoms with Crippen LogP contribution in [0.3, 0.4) is 0 Å². The molecule has 0 saturated carbocycles. The van der Waals surface area contributed by atoms with Crippen molar-refractivity contribution in [3.05, 3.63) is 65.7 Å². The lowest BCUT2D eigenvalue weighted by Crippen LogP contribution is -2.46. The van der Waals surface area contributed by atoms with Crippen LogP contribution in [0, 0.1) is 0 Å². The zero-order chi connectivity index (χ0) is 23.9. The average Bonchev–Trinajstić information content (AvgIpc) is 2.82. The van der Waals surface area contributed by atoms with Gasteiger partial charge in [-0.25, -0.2) is 0 Å². The highest BCUT2D eigenvalue weighted by atomic mass is 28.4. The predicted molar refractivity (Wildman–Crippen MR) is 136 cm³/mol. The molecule has 2 heterocycles. The number of amides is 2. The summed E-state index contributed by atoms with van der Waals surface area (Å²) in [5, 5.41) is 1.67. The predicted octanol–water partition coefficient (Wildman–Crippen LogP) is 4.65. The first kappa shape index (κ1) is 22.8. The van der Waals surface area contributed by atoms with Crippen molar-refractivity contribution in [3.63, 3.8) is 0 Å². The second-order valence-electron chi connectivity index (χ2n) is 9.84. The van der Waals surface area contributed by atoms with Gasteiger partial charge in [0.25, 0.3) is 11.8 Å². The SMILES string of the molecule is C[Si](C)(C)Oc1ccc(-c2ccc3c4c(cccc24)C(=O)N(CCN2CCOCC2)C3=O)cc1. The number of ether oxygens (including phenoxy) is 1. The van der Waals surface area contributed by atoms with Gasteiger partial charge >= 0.3 is 0 Å². The fourth-order valence-electron chi connectivity index (χ4n) is 4.72. The summed E-state index contributed by atoms with van der Waals surface area (Å²) in [6.07, 6.45) is 0. The molecule has 0 aromatic heterocycles. The van der Waals surface area contributed by atoms with Crippen LogP contribution >= 0.6 is 0 Å². The Morgan fingerprint density at radius 3 is 2.15 bits per heavy atom. The van der Waals surface area contributed by atoms with Gasteiger partial charge in [-0.2, -0.15) is 0 Å². The maximum atomic E-state index is 13.4. The summed E-state index contributed by atoms with van der Waals surface area (Å²) in [5.74, 6) is 0.437. The summed E-state index contributed by atoms with van der Waals surface area (Å²) in [4.78, 5) is 30.4. The van der Waals surface area contributed by atoms with Crippen molar-refractivity contribution < 1.29 is 18.8 Å². The standard InChI is InChI=1S/C27H30N2O4Si/c1-34(2,3)33-20-9-7-19(8-10-20)21-11-12-24-25-22(21)5-4-6-23(25)26(30)29(27(24)31)14-13-28-15-17-32-18-16-28/h4-12H,13-18H2,1-3H3. The Morgan fingerprint density at radius 2 is 1.47 bits per heavy atom. The van der Waals surface area contributed by atoms with E-state index in [-0.39, 0.29) is 11.8 Å². The van der Waals surface area contributed by atoms with Gasteiger partial charge < -0.3 is 9.16 Å². The van der Waals surface area contributed by atoms with E-state index in [1.807, 2.05) is 54.6 Å². The molecule has 2 aliphatic rings. The van der Waals surface area contributed by atoms with Gasteiger partial charge in [-0.1, -0.05) is 30.3 Å². The van der Waals surface area contributed by atoms with E-state index in [2.05, 4.69) is 24.5 Å². The molecule has 0 radical (unpaired) electrons. The summed E-state index contributed by atoms with van der Waals surface area (Å²) >= 11 is 0. The third kappa shape index (κ3) is 4.38. The number of hydrogen-bond acceptors (Lipinski definition) is 5. The smallest absolute Gasteiger partial charge is 0.261 e. The van der Waals surface area contributed by atoms with Crippen LogP contribution in [0.5, 0.6) is 5.75 Å². The molecule has 3 aromatic carbocycles. The number of hydrogen-bond donors (Lipinski definition) is 0. The molecule has 7 heteroatoms. The molecule has 0 spiro atoms. The van der Waals surface area contributed by atoms with Gasteiger partial charge in [0.1, 0.15) is 5.75 Å². The Kier molecular flexibility index (Phi) is 6.01. The second-order valence-corrected chi connectivity index (χ2v) is 14.3. The van der Waals surface area contributed by atoms with Crippen LogP contribution in [0.4, 0.5) is 0 Å². The van der Waals surface area contributed by atoms with Crippen molar-refractivity contribution in [1.29, 1.82) is 0 Å². The van der Waals surface area contributed by atoms with E-state index in [1.54, 1.807) is 0 Å². The van der Waals surface area contributed by atoms with Crippen LogP contribution in [0.1, 0.15) is 20.7 Å². The Hall–Kier alpha value is -3.00. The first-order chi connectivity index (χ1) is 16.3. The Labute approximate surface area is 201 Å². The fraction of sp³-hybridized carbons (Fsp3) is 0.333. The summed E-state index contributed by atoms with van der Waals surface area (Å²) < 4.78 is 11.5. The minimum Gasteiger partial charge on any atom is -0.544 e. The molecule has 0 N–H and O–H groups in total. The van der Waals surface area contributed by atoms with Crippen LogP contribution in [-0.4, -0.2) is 69.3 Å². The van der Waals surface area contributed by atoms with Gasteiger partial charge in [-0.3, -0.25) is 19.4 Å². The monoisotopic (exact) mass is 474 g/mol. The van der Waals surface area contributed by atoms with Crippen molar-refractivity contribution >= 4 is 30.9 Å². The fourth-order valence-corrected chi connectivity index (χ4v) is 5.57. The third-order valence-corrected chi connectivity index (χ3v) is 7.17. The molecule has 0 atom stereocenters. The number of carbonyl (C=O) groups excluding carboxylic acids is 2. The van der Waals surface area contributed by atoms with Crippen LogP contribution < -0.4 is 4.43 Å². The molecule has 3 aromatic rings.